The zero-order valence-electron chi connectivity index (χ0n) is 14.7. The van der Waals surface area contributed by atoms with Gasteiger partial charge in [-0.15, -0.1) is 11.8 Å². The van der Waals surface area contributed by atoms with E-state index in [1.807, 2.05) is 17.2 Å². The molecule has 3 rings (SSSR count). The van der Waals surface area contributed by atoms with Gasteiger partial charge in [-0.3, -0.25) is 9.59 Å². The number of nitrogens with zero attached hydrogens (tertiary/aromatic N) is 2. The number of carbonyl (C=O) groups is 2. The Kier molecular flexibility index (Phi) is 5.98. The number of hydrogen-bond acceptors (Lipinski definition) is 4. The Bertz CT molecular complexity index is 782. The first-order valence-corrected chi connectivity index (χ1v) is 10.3. The molecule has 1 saturated heterocycles. The SMILES string of the molecule is C[C@@H]1S[C@@H](c2ccsc2)N(CCCN(C)C(=O)c2cccc(F)c2)C1=O. The molecule has 1 fully saturated rings. The zero-order chi connectivity index (χ0) is 18.7. The Morgan fingerprint density at radius 2 is 2.15 bits per heavy atom. The van der Waals surface area contributed by atoms with E-state index < -0.39 is 5.82 Å². The van der Waals surface area contributed by atoms with E-state index in [-0.39, 0.29) is 22.4 Å². The number of thioether (sulfide) groups is 1. The van der Waals surface area contributed by atoms with E-state index in [1.165, 1.54) is 18.2 Å². The van der Waals surface area contributed by atoms with Crippen molar-refractivity contribution in [2.45, 2.75) is 24.0 Å². The standard InChI is InChI=1S/C19H21FN2O2S2/c1-13-17(23)22(19(26-13)15-7-10-25-12-15)9-4-8-21(2)18(24)14-5-3-6-16(20)11-14/h3,5-7,10-13,19H,4,8-9H2,1-2H3/t13-,19-/m0/s1. The van der Waals surface area contributed by atoms with Crippen LogP contribution in [0.25, 0.3) is 0 Å². The van der Waals surface area contributed by atoms with Crippen molar-refractivity contribution in [1.82, 2.24) is 9.80 Å². The molecule has 0 saturated carbocycles. The lowest BCUT2D eigenvalue weighted by atomic mass is 10.2. The molecule has 2 aromatic rings. The van der Waals surface area contributed by atoms with E-state index in [9.17, 15) is 14.0 Å². The molecule has 0 unspecified atom stereocenters. The summed E-state index contributed by atoms with van der Waals surface area (Å²) in [7, 11) is 1.70. The summed E-state index contributed by atoms with van der Waals surface area (Å²) >= 11 is 3.29. The van der Waals surface area contributed by atoms with E-state index in [0.717, 1.165) is 5.56 Å². The van der Waals surface area contributed by atoms with Crippen molar-refractivity contribution in [3.8, 4) is 0 Å². The third-order valence-electron chi connectivity index (χ3n) is 4.39. The molecule has 2 amide bonds. The maximum atomic E-state index is 13.3. The third kappa shape index (κ3) is 4.10. The molecule has 26 heavy (non-hydrogen) atoms. The first-order chi connectivity index (χ1) is 12.5. The predicted octanol–water partition coefficient (Wildman–Crippen LogP) is 4.01. The van der Waals surface area contributed by atoms with Crippen LogP contribution in [-0.2, 0) is 4.79 Å². The van der Waals surface area contributed by atoms with Gasteiger partial charge in [-0.1, -0.05) is 6.07 Å². The number of halogens is 1. The maximum Gasteiger partial charge on any atom is 0.253 e. The van der Waals surface area contributed by atoms with Crippen molar-refractivity contribution in [1.29, 1.82) is 0 Å². The summed E-state index contributed by atoms with van der Waals surface area (Å²) in [4.78, 5) is 28.3. The van der Waals surface area contributed by atoms with Crippen molar-refractivity contribution < 1.29 is 14.0 Å². The molecule has 1 aromatic carbocycles. The van der Waals surface area contributed by atoms with Crippen LogP contribution in [0.4, 0.5) is 4.39 Å². The van der Waals surface area contributed by atoms with Gasteiger partial charge in [0.05, 0.1) is 5.25 Å². The molecule has 0 spiro atoms. The van der Waals surface area contributed by atoms with E-state index in [2.05, 4.69) is 11.4 Å². The number of amides is 2. The Morgan fingerprint density at radius 1 is 1.35 bits per heavy atom. The highest BCUT2D eigenvalue weighted by Crippen LogP contribution is 2.43. The second kappa shape index (κ2) is 8.22. The molecule has 1 aliphatic heterocycles. The lowest BCUT2D eigenvalue weighted by molar-refractivity contribution is -0.129. The molecule has 1 aliphatic rings. The minimum Gasteiger partial charge on any atom is -0.342 e. The van der Waals surface area contributed by atoms with Gasteiger partial charge in [0.15, 0.2) is 0 Å². The summed E-state index contributed by atoms with van der Waals surface area (Å²) in [6.45, 7) is 3.04. The average Bonchev–Trinajstić information content (AvgIpc) is 3.24. The fraction of sp³-hybridized carbons (Fsp3) is 0.368. The number of thiophene rings is 1. The number of rotatable bonds is 6. The monoisotopic (exact) mass is 392 g/mol. The van der Waals surface area contributed by atoms with Crippen molar-refractivity contribution in [2.24, 2.45) is 0 Å². The minimum atomic E-state index is -0.420. The van der Waals surface area contributed by atoms with Gasteiger partial charge < -0.3 is 9.80 Å². The van der Waals surface area contributed by atoms with Crippen LogP contribution < -0.4 is 0 Å². The Morgan fingerprint density at radius 3 is 2.85 bits per heavy atom. The second-order valence-corrected chi connectivity index (χ2v) is 8.52. The van der Waals surface area contributed by atoms with E-state index >= 15 is 0 Å². The quantitative estimate of drug-likeness (QED) is 0.746. The van der Waals surface area contributed by atoms with Gasteiger partial charge in [0.1, 0.15) is 11.2 Å². The summed E-state index contributed by atoms with van der Waals surface area (Å²) < 4.78 is 13.3. The summed E-state index contributed by atoms with van der Waals surface area (Å²) in [5, 5.41) is 4.10. The fourth-order valence-electron chi connectivity index (χ4n) is 3.00. The Hall–Kier alpha value is -1.86. The molecule has 1 aromatic heterocycles. The number of benzene rings is 1. The van der Waals surface area contributed by atoms with E-state index in [0.29, 0.717) is 25.1 Å². The van der Waals surface area contributed by atoms with Crippen LogP contribution in [-0.4, -0.2) is 47.0 Å². The highest BCUT2D eigenvalue weighted by Gasteiger charge is 2.38. The van der Waals surface area contributed by atoms with Gasteiger partial charge in [0, 0.05) is 25.7 Å². The maximum absolute atomic E-state index is 13.3. The highest BCUT2D eigenvalue weighted by molar-refractivity contribution is 8.01. The normalized spacial score (nSPS) is 19.8. The van der Waals surface area contributed by atoms with E-state index in [1.54, 1.807) is 41.1 Å². The van der Waals surface area contributed by atoms with Gasteiger partial charge in [0.2, 0.25) is 5.91 Å². The summed E-state index contributed by atoms with van der Waals surface area (Å²) in [6.07, 6.45) is 0.678. The zero-order valence-corrected chi connectivity index (χ0v) is 16.4. The molecular weight excluding hydrogens is 371 g/mol. The molecule has 2 atom stereocenters. The van der Waals surface area contributed by atoms with Gasteiger partial charge in [-0.25, -0.2) is 4.39 Å². The van der Waals surface area contributed by atoms with Crippen LogP contribution in [0.3, 0.4) is 0 Å². The first-order valence-electron chi connectivity index (χ1n) is 8.46. The summed E-state index contributed by atoms with van der Waals surface area (Å²) in [5.74, 6) is -0.490. The molecule has 0 radical (unpaired) electrons. The smallest absolute Gasteiger partial charge is 0.253 e. The molecule has 138 valence electrons. The molecular formula is C19H21FN2O2S2. The average molecular weight is 393 g/mol. The lowest BCUT2D eigenvalue weighted by Gasteiger charge is -2.25. The Balaban J connectivity index is 1.57. The van der Waals surface area contributed by atoms with Gasteiger partial charge in [0.25, 0.3) is 5.91 Å². The number of hydrogen-bond donors (Lipinski definition) is 0. The van der Waals surface area contributed by atoms with Crippen LogP contribution in [0.5, 0.6) is 0 Å². The largest absolute Gasteiger partial charge is 0.342 e. The van der Waals surface area contributed by atoms with Crippen LogP contribution in [0, 0.1) is 5.82 Å². The van der Waals surface area contributed by atoms with E-state index in [4.69, 9.17) is 0 Å². The van der Waals surface area contributed by atoms with Crippen molar-refractivity contribution in [3.05, 3.63) is 58.0 Å². The van der Waals surface area contributed by atoms with Crippen LogP contribution >= 0.6 is 23.1 Å². The summed E-state index contributed by atoms with van der Waals surface area (Å²) in [5.41, 5.74) is 1.49. The van der Waals surface area contributed by atoms with Gasteiger partial charge in [-0.2, -0.15) is 11.3 Å². The minimum absolute atomic E-state index is 0.0491. The third-order valence-corrected chi connectivity index (χ3v) is 6.48. The highest BCUT2D eigenvalue weighted by atomic mass is 32.2. The lowest BCUT2D eigenvalue weighted by Crippen LogP contribution is -2.34. The molecule has 0 bridgehead atoms. The van der Waals surface area contributed by atoms with Crippen LogP contribution in [0.1, 0.15) is 34.6 Å². The molecule has 0 aliphatic carbocycles. The predicted molar refractivity (Wildman–Crippen MR) is 104 cm³/mol. The molecule has 2 heterocycles. The van der Waals surface area contributed by atoms with Crippen LogP contribution in [0.15, 0.2) is 41.1 Å². The summed E-state index contributed by atoms with van der Waals surface area (Å²) in [6, 6.07) is 7.76. The Labute approximate surface area is 161 Å². The van der Waals surface area contributed by atoms with Crippen molar-refractivity contribution in [2.75, 3.05) is 20.1 Å². The van der Waals surface area contributed by atoms with Crippen molar-refractivity contribution >= 4 is 34.9 Å². The topological polar surface area (TPSA) is 40.6 Å². The second-order valence-electron chi connectivity index (χ2n) is 6.31. The molecule has 0 N–H and O–H groups in total. The molecule has 4 nitrogen and oxygen atoms in total. The van der Waals surface area contributed by atoms with Crippen LogP contribution in [0.2, 0.25) is 0 Å². The first kappa shape index (κ1) is 18.9. The molecule has 7 heteroatoms. The van der Waals surface area contributed by atoms with Gasteiger partial charge >= 0.3 is 0 Å². The van der Waals surface area contributed by atoms with Gasteiger partial charge in [-0.05, 0) is 53.9 Å². The van der Waals surface area contributed by atoms with Crippen molar-refractivity contribution in [3.63, 3.8) is 0 Å². The fourth-order valence-corrected chi connectivity index (χ4v) is 5.06. The number of carbonyl (C=O) groups excluding carboxylic acids is 2.